The number of aromatic amines is 2. The van der Waals surface area contributed by atoms with E-state index in [0.717, 1.165) is 52.0 Å². The number of H-pyrrole nitrogens is 2. The first kappa shape index (κ1) is 18.2. The van der Waals surface area contributed by atoms with Crippen LogP contribution in [0.2, 0.25) is 5.02 Å². The molecule has 0 amide bonds. The molecule has 2 aliphatic heterocycles. The molecule has 0 saturated heterocycles. The van der Waals surface area contributed by atoms with Crippen molar-refractivity contribution in [1.29, 1.82) is 0 Å². The first-order valence-electron chi connectivity index (χ1n) is 9.54. The molecule has 0 aliphatic carbocycles. The summed E-state index contributed by atoms with van der Waals surface area (Å²) in [7, 11) is 0. The summed E-state index contributed by atoms with van der Waals surface area (Å²) in [6, 6.07) is 11.9. The molecular formula is C23H18Cl2N4. The summed E-state index contributed by atoms with van der Waals surface area (Å²) in [6.07, 6.45) is 7.93. The van der Waals surface area contributed by atoms with E-state index < -0.39 is 0 Å². The fourth-order valence-corrected chi connectivity index (χ4v) is 4.08. The highest BCUT2D eigenvalue weighted by Gasteiger charge is 2.10. The summed E-state index contributed by atoms with van der Waals surface area (Å²) in [4.78, 5) is 16.3. The van der Waals surface area contributed by atoms with Gasteiger partial charge in [-0.3, -0.25) is 0 Å². The van der Waals surface area contributed by atoms with Gasteiger partial charge in [-0.2, -0.15) is 0 Å². The number of halogens is 2. The van der Waals surface area contributed by atoms with Gasteiger partial charge >= 0.3 is 0 Å². The third kappa shape index (κ3) is 3.50. The van der Waals surface area contributed by atoms with Crippen molar-refractivity contribution in [2.75, 3.05) is 0 Å². The zero-order chi connectivity index (χ0) is 20.0. The van der Waals surface area contributed by atoms with E-state index in [4.69, 9.17) is 28.2 Å². The zero-order valence-corrected chi connectivity index (χ0v) is 17.3. The van der Waals surface area contributed by atoms with Gasteiger partial charge < -0.3 is 9.97 Å². The van der Waals surface area contributed by atoms with Crippen LogP contribution in [0.25, 0.3) is 45.3 Å². The number of aryl methyl sites for hydroxylation is 1. The van der Waals surface area contributed by atoms with Crippen molar-refractivity contribution in [3.63, 3.8) is 0 Å². The first-order chi connectivity index (χ1) is 14.1. The number of nitrogens with zero attached hydrogens (tertiary/aromatic N) is 2. The van der Waals surface area contributed by atoms with E-state index in [1.165, 1.54) is 5.56 Å². The Kier molecular flexibility index (Phi) is 4.53. The number of hydrogen-bond donors (Lipinski definition) is 2. The van der Waals surface area contributed by atoms with Gasteiger partial charge in [0.2, 0.25) is 0 Å². The molecule has 2 N–H and O–H groups in total. The zero-order valence-electron chi connectivity index (χ0n) is 15.8. The maximum atomic E-state index is 6.43. The summed E-state index contributed by atoms with van der Waals surface area (Å²) in [5.74, 6) is 0. The monoisotopic (exact) mass is 420 g/mol. The summed E-state index contributed by atoms with van der Waals surface area (Å²) >= 11 is 12.8. The van der Waals surface area contributed by atoms with Crippen LogP contribution in [0.4, 0.5) is 0 Å². The Morgan fingerprint density at radius 2 is 1.69 bits per heavy atom. The van der Waals surface area contributed by atoms with Gasteiger partial charge in [0.1, 0.15) is 0 Å². The fraction of sp³-hybridized carbons (Fsp3) is 0.130. The molecule has 6 heteroatoms. The van der Waals surface area contributed by atoms with Crippen LogP contribution in [-0.2, 0) is 6.42 Å². The van der Waals surface area contributed by atoms with Crippen molar-refractivity contribution in [2.45, 2.75) is 19.8 Å². The second-order valence-electron chi connectivity index (χ2n) is 7.14. The molecule has 5 heterocycles. The maximum Gasteiger partial charge on any atom is 0.0845 e. The average molecular weight is 421 g/mol. The fourth-order valence-electron chi connectivity index (χ4n) is 3.66. The highest BCUT2D eigenvalue weighted by atomic mass is 35.5. The van der Waals surface area contributed by atoms with Crippen LogP contribution in [0.1, 0.15) is 41.7 Å². The van der Waals surface area contributed by atoms with E-state index in [1.807, 2.05) is 36.4 Å². The van der Waals surface area contributed by atoms with Crippen molar-refractivity contribution in [3.8, 4) is 0 Å². The lowest BCUT2D eigenvalue weighted by Crippen LogP contribution is -1.89. The van der Waals surface area contributed by atoms with Crippen LogP contribution in [-0.4, -0.2) is 19.9 Å². The molecule has 3 aromatic rings. The average Bonchev–Trinajstić information content (AvgIpc) is 3.45. The van der Waals surface area contributed by atoms with E-state index in [0.29, 0.717) is 15.7 Å². The Hall–Kier alpha value is -2.82. The van der Waals surface area contributed by atoms with Crippen LogP contribution < -0.4 is 0 Å². The van der Waals surface area contributed by atoms with E-state index in [9.17, 15) is 0 Å². The first-order valence-corrected chi connectivity index (χ1v) is 10.3. The van der Waals surface area contributed by atoms with E-state index in [-0.39, 0.29) is 0 Å². The quantitative estimate of drug-likeness (QED) is 0.373. The molecule has 0 radical (unpaired) electrons. The van der Waals surface area contributed by atoms with Crippen LogP contribution >= 0.6 is 23.2 Å². The minimum Gasteiger partial charge on any atom is -0.355 e. The van der Waals surface area contributed by atoms with Crippen LogP contribution in [0.3, 0.4) is 0 Å². The van der Waals surface area contributed by atoms with Crippen molar-refractivity contribution >= 4 is 68.5 Å². The molecule has 29 heavy (non-hydrogen) atoms. The largest absolute Gasteiger partial charge is 0.355 e. The third-order valence-corrected chi connectivity index (χ3v) is 5.60. The number of aromatic nitrogens is 4. The lowest BCUT2D eigenvalue weighted by molar-refractivity contribution is 0.919. The van der Waals surface area contributed by atoms with Gasteiger partial charge in [0.05, 0.1) is 38.3 Å². The molecule has 0 unspecified atom stereocenters. The number of fused-ring (bicyclic) bond motifs is 8. The SMILES string of the molecule is CCCc1c2nc(cc3cc(Cl)c(cc4nc(cc5ccc1[nH]5)C=C4Cl)[nH]3)C=C2. The molecule has 0 fully saturated rings. The van der Waals surface area contributed by atoms with Gasteiger partial charge in [0.15, 0.2) is 0 Å². The topological polar surface area (TPSA) is 57.4 Å². The summed E-state index contributed by atoms with van der Waals surface area (Å²) in [5, 5.41) is 1.20. The molecule has 0 spiro atoms. The predicted molar refractivity (Wildman–Crippen MR) is 123 cm³/mol. The van der Waals surface area contributed by atoms with E-state index in [2.05, 4.69) is 40.1 Å². The lowest BCUT2D eigenvalue weighted by atomic mass is 10.1. The molecule has 0 atom stereocenters. The molecular weight excluding hydrogens is 403 g/mol. The lowest BCUT2D eigenvalue weighted by Gasteiger charge is -2.00. The molecule has 0 aromatic carbocycles. The molecule has 5 rings (SSSR count). The number of hydrogen-bond acceptors (Lipinski definition) is 2. The number of nitrogens with one attached hydrogen (secondary N) is 2. The van der Waals surface area contributed by atoms with Gasteiger partial charge in [-0.05, 0) is 61.0 Å². The van der Waals surface area contributed by atoms with Crippen LogP contribution in [0, 0.1) is 0 Å². The molecule has 144 valence electrons. The van der Waals surface area contributed by atoms with Crippen LogP contribution in [0.5, 0.6) is 0 Å². The summed E-state index contributed by atoms with van der Waals surface area (Å²) in [5.41, 5.74) is 8.24. The molecule has 4 nitrogen and oxygen atoms in total. The summed E-state index contributed by atoms with van der Waals surface area (Å²) in [6.45, 7) is 2.17. The van der Waals surface area contributed by atoms with Crippen LogP contribution in [0.15, 0.2) is 36.4 Å². The van der Waals surface area contributed by atoms with E-state index >= 15 is 0 Å². The third-order valence-electron chi connectivity index (χ3n) is 4.98. The Bertz CT molecular complexity index is 1340. The standard InChI is InChI=1S/C23H18Cl2N4/c1-2-3-17-20-6-4-13(26-20)8-15-10-18(24)22(28-15)12-23-19(25)11-16(29-23)9-14-5-7-21(17)27-14/h4-12,26,29H,2-3H2,1H3. The van der Waals surface area contributed by atoms with Gasteiger partial charge in [0.25, 0.3) is 0 Å². The molecule has 8 bridgehead atoms. The normalized spacial score (nSPS) is 13.0. The Morgan fingerprint density at radius 1 is 0.862 bits per heavy atom. The van der Waals surface area contributed by atoms with Gasteiger partial charge in [-0.1, -0.05) is 36.5 Å². The highest BCUT2D eigenvalue weighted by molar-refractivity contribution is 6.51. The second kappa shape index (κ2) is 7.21. The predicted octanol–water partition coefficient (Wildman–Crippen LogP) is 6.83. The summed E-state index contributed by atoms with van der Waals surface area (Å²) < 4.78 is 0. The molecule has 0 saturated carbocycles. The molecule has 3 aromatic heterocycles. The Morgan fingerprint density at radius 3 is 2.55 bits per heavy atom. The molecule has 2 aliphatic rings. The van der Waals surface area contributed by atoms with Gasteiger partial charge in [-0.15, -0.1) is 0 Å². The van der Waals surface area contributed by atoms with Crippen molar-refractivity contribution < 1.29 is 0 Å². The minimum absolute atomic E-state index is 0.587. The van der Waals surface area contributed by atoms with Gasteiger partial charge in [0, 0.05) is 22.1 Å². The Labute approximate surface area is 178 Å². The van der Waals surface area contributed by atoms with Crippen molar-refractivity contribution in [1.82, 2.24) is 19.9 Å². The van der Waals surface area contributed by atoms with Crippen molar-refractivity contribution in [2.24, 2.45) is 0 Å². The second-order valence-corrected chi connectivity index (χ2v) is 7.96. The van der Waals surface area contributed by atoms with Crippen molar-refractivity contribution in [3.05, 3.63) is 69.8 Å². The minimum atomic E-state index is 0.587. The smallest absolute Gasteiger partial charge is 0.0845 e. The maximum absolute atomic E-state index is 6.43. The van der Waals surface area contributed by atoms with Gasteiger partial charge in [-0.25, -0.2) is 9.97 Å². The Balaban J connectivity index is 1.89. The highest BCUT2D eigenvalue weighted by Crippen LogP contribution is 2.28. The van der Waals surface area contributed by atoms with E-state index in [1.54, 1.807) is 0 Å². The number of rotatable bonds is 2.